The number of rotatable bonds is 7. The second-order valence-corrected chi connectivity index (χ2v) is 14.8. The van der Waals surface area contributed by atoms with Crippen LogP contribution >= 0.6 is 0 Å². The molecule has 0 saturated carbocycles. The molecule has 12 nitrogen and oxygen atoms in total. The summed E-state index contributed by atoms with van der Waals surface area (Å²) in [5.74, 6) is 0.132. The lowest BCUT2D eigenvalue weighted by Gasteiger charge is -2.41. The van der Waals surface area contributed by atoms with Gasteiger partial charge in [0.2, 0.25) is 5.91 Å². The molecule has 0 radical (unpaired) electrons. The zero-order valence-electron chi connectivity index (χ0n) is 30.1. The van der Waals surface area contributed by atoms with Crippen molar-refractivity contribution in [3.05, 3.63) is 54.7 Å². The zero-order chi connectivity index (χ0) is 37.4. The fourth-order valence-electron chi connectivity index (χ4n) is 6.98. The number of ether oxygens (including phenoxy) is 1. The average Bonchev–Trinajstić information content (AvgIpc) is 3.78. The highest BCUT2D eigenvalue weighted by molar-refractivity contribution is 5.87. The lowest BCUT2D eigenvalue weighted by molar-refractivity contribution is -0.162. The van der Waals surface area contributed by atoms with Crippen molar-refractivity contribution in [1.29, 1.82) is 5.26 Å². The number of likely N-dealkylation sites (tertiary alicyclic amines) is 1. The van der Waals surface area contributed by atoms with Crippen LogP contribution in [0.25, 0.3) is 27.8 Å². The second kappa shape index (κ2) is 14.1. The molecule has 0 aromatic carbocycles. The maximum absolute atomic E-state index is 13.1. The number of alkyl halides is 3. The van der Waals surface area contributed by atoms with Crippen LogP contribution in [0.3, 0.4) is 0 Å². The fourth-order valence-corrected chi connectivity index (χ4v) is 6.98. The van der Waals surface area contributed by atoms with Gasteiger partial charge in [-0.15, -0.1) is 0 Å². The molecule has 0 bridgehead atoms. The number of hydrogen-bond donors (Lipinski definition) is 1. The van der Waals surface area contributed by atoms with Gasteiger partial charge in [-0.05, 0) is 78.0 Å². The van der Waals surface area contributed by atoms with E-state index in [9.17, 15) is 28.0 Å². The predicted octanol–water partition coefficient (Wildman–Crippen LogP) is 6.77. The summed E-state index contributed by atoms with van der Waals surface area (Å²) in [6.07, 6.45) is 6.87. The molecular formula is C37H44F3N9O3. The van der Waals surface area contributed by atoms with Crippen molar-refractivity contribution in [3.8, 4) is 28.3 Å². The standard InChI is InChI=1S/C37H44F3N9O3/c1-6-36(33(50)45-24(2)37(38,39)40)11-15-46(16-12-36)31-8-7-25(19-42-31)30-17-26(22-49-32(30)27(18-41)20-44-49)28-21-43-48(23-28)29-9-13-47(14-10-29)34(51)52-35(3,4)5/h7-8,17,19-24,29H,6,9-16H2,1-5H3,(H,45,50). The maximum atomic E-state index is 13.1. The van der Waals surface area contributed by atoms with E-state index in [0.717, 1.165) is 42.0 Å². The molecule has 2 saturated heterocycles. The molecule has 276 valence electrons. The Morgan fingerprint density at radius 2 is 1.73 bits per heavy atom. The Labute approximate surface area is 300 Å². The summed E-state index contributed by atoms with van der Waals surface area (Å²) < 4.78 is 48.6. The number of pyridine rings is 2. The minimum Gasteiger partial charge on any atom is -0.444 e. The van der Waals surface area contributed by atoms with Crippen LogP contribution in [0.5, 0.6) is 0 Å². The third-order valence-corrected chi connectivity index (χ3v) is 10.3. The van der Waals surface area contributed by atoms with Crippen LogP contribution in [0.1, 0.15) is 78.3 Å². The predicted molar refractivity (Wildman–Crippen MR) is 188 cm³/mol. The van der Waals surface area contributed by atoms with E-state index in [0.29, 0.717) is 62.3 Å². The highest BCUT2D eigenvalue weighted by Gasteiger charge is 2.44. The summed E-state index contributed by atoms with van der Waals surface area (Å²) in [4.78, 5) is 34.0. The van der Waals surface area contributed by atoms with Gasteiger partial charge in [0.05, 0.1) is 34.9 Å². The molecule has 1 unspecified atom stereocenters. The summed E-state index contributed by atoms with van der Waals surface area (Å²) in [5.41, 5.74) is 2.91. The molecule has 2 amide bonds. The van der Waals surface area contributed by atoms with E-state index in [-0.39, 0.29) is 12.1 Å². The average molecular weight is 720 g/mol. The number of aromatic nitrogens is 5. The van der Waals surface area contributed by atoms with Crippen LogP contribution in [0.15, 0.2) is 49.2 Å². The van der Waals surface area contributed by atoms with Crippen LogP contribution in [0.4, 0.5) is 23.8 Å². The number of nitrogens with zero attached hydrogens (tertiary/aromatic N) is 8. The Morgan fingerprint density at radius 1 is 1.02 bits per heavy atom. The third kappa shape index (κ3) is 7.56. The highest BCUT2D eigenvalue weighted by Crippen LogP contribution is 2.38. The minimum atomic E-state index is -4.50. The number of nitrogens with one attached hydrogen (secondary N) is 1. The van der Waals surface area contributed by atoms with Crippen molar-refractivity contribution < 1.29 is 27.5 Å². The van der Waals surface area contributed by atoms with Gasteiger partial charge in [-0.25, -0.2) is 14.3 Å². The van der Waals surface area contributed by atoms with Crippen LogP contribution in [0.2, 0.25) is 0 Å². The van der Waals surface area contributed by atoms with E-state index >= 15 is 0 Å². The molecule has 52 heavy (non-hydrogen) atoms. The molecular weight excluding hydrogens is 675 g/mol. The van der Waals surface area contributed by atoms with Crippen molar-refractivity contribution >= 4 is 23.3 Å². The van der Waals surface area contributed by atoms with Gasteiger partial charge in [-0.2, -0.15) is 28.6 Å². The van der Waals surface area contributed by atoms with E-state index in [1.807, 2.05) is 67.9 Å². The minimum absolute atomic E-state index is 0.123. The van der Waals surface area contributed by atoms with Gasteiger partial charge >= 0.3 is 12.3 Å². The second-order valence-electron chi connectivity index (χ2n) is 14.8. The Bertz CT molecular complexity index is 1960. The lowest BCUT2D eigenvalue weighted by Crippen LogP contribution is -2.53. The summed E-state index contributed by atoms with van der Waals surface area (Å²) in [7, 11) is 0. The molecule has 2 aliphatic heterocycles. The normalized spacial score (nSPS) is 17.5. The number of carbonyl (C=O) groups is 2. The first-order valence-corrected chi connectivity index (χ1v) is 17.6. The van der Waals surface area contributed by atoms with Gasteiger partial charge in [-0.3, -0.25) is 9.48 Å². The van der Waals surface area contributed by atoms with Crippen molar-refractivity contribution in [2.24, 2.45) is 5.41 Å². The van der Waals surface area contributed by atoms with Gasteiger partial charge in [0, 0.05) is 67.0 Å². The largest absolute Gasteiger partial charge is 0.444 e. The SMILES string of the molecule is CCC1(C(=O)NC(C)C(F)(F)F)CCN(c2ccc(-c3cc(-c4cnn(C5CCN(C(=O)OC(C)(C)C)CC5)c4)cn4ncc(C#N)c34)cn2)CC1. The highest BCUT2D eigenvalue weighted by atomic mass is 19.4. The van der Waals surface area contributed by atoms with Gasteiger partial charge in [0.25, 0.3) is 0 Å². The van der Waals surface area contributed by atoms with Gasteiger partial charge in [-0.1, -0.05) is 6.92 Å². The van der Waals surface area contributed by atoms with Crippen molar-refractivity contribution in [1.82, 2.24) is 34.6 Å². The molecule has 6 heterocycles. The summed E-state index contributed by atoms with van der Waals surface area (Å²) >= 11 is 0. The number of hydrogen-bond acceptors (Lipinski definition) is 8. The first-order valence-electron chi connectivity index (χ1n) is 17.6. The number of halogens is 3. The van der Waals surface area contributed by atoms with E-state index in [1.165, 1.54) is 6.20 Å². The lowest BCUT2D eigenvalue weighted by atomic mass is 9.75. The number of piperidine rings is 2. The molecule has 1 N–H and O–H groups in total. The Morgan fingerprint density at radius 3 is 2.33 bits per heavy atom. The molecule has 0 spiro atoms. The van der Waals surface area contributed by atoms with Crippen molar-refractivity contribution in [2.75, 3.05) is 31.1 Å². The summed E-state index contributed by atoms with van der Waals surface area (Å²) in [6, 6.07) is 6.25. The van der Waals surface area contributed by atoms with Crippen LogP contribution in [0, 0.1) is 16.7 Å². The molecule has 2 aliphatic rings. The van der Waals surface area contributed by atoms with Gasteiger partial charge in [0.15, 0.2) is 0 Å². The monoisotopic (exact) mass is 719 g/mol. The summed E-state index contributed by atoms with van der Waals surface area (Å²) in [5, 5.41) is 21.2. The van der Waals surface area contributed by atoms with E-state index < -0.39 is 29.1 Å². The van der Waals surface area contributed by atoms with Gasteiger partial charge in [0.1, 0.15) is 23.5 Å². The Kier molecular flexibility index (Phi) is 9.95. The van der Waals surface area contributed by atoms with E-state index in [1.54, 1.807) is 21.8 Å². The zero-order valence-corrected chi connectivity index (χ0v) is 30.1. The topological polar surface area (TPSA) is 134 Å². The van der Waals surface area contributed by atoms with Crippen LogP contribution in [-0.2, 0) is 9.53 Å². The van der Waals surface area contributed by atoms with Crippen molar-refractivity contribution in [2.45, 2.75) is 90.6 Å². The maximum Gasteiger partial charge on any atom is 0.410 e. The number of anilines is 1. The smallest absolute Gasteiger partial charge is 0.410 e. The first kappa shape index (κ1) is 36.7. The quantitative estimate of drug-likeness (QED) is 0.221. The summed E-state index contributed by atoms with van der Waals surface area (Å²) in [6.45, 7) is 10.5. The Hall–Kier alpha value is -5.13. The Balaban J connectivity index is 1.18. The number of fused-ring (bicyclic) bond motifs is 1. The first-order chi connectivity index (χ1) is 24.6. The molecule has 4 aromatic heterocycles. The molecule has 1 atom stereocenters. The van der Waals surface area contributed by atoms with Crippen LogP contribution in [-0.4, -0.2) is 85.3 Å². The van der Waals surface area contributed by atoms with Crippen molar-refractivity contribution in [3.63, 3.8) is 0 Å². The number of carbonyl (C=O) groups excluding carboxylic acids is 2. The third-order valence-electron chi connectivity index (χ3n) is 10.3. The molecule has 2 fully saturated rings. The fraction of sp³-hybridized carbons (Fsp3) is 0.514. The van der Waals surface area contributed by atoms with E-state index in [2.05, 4.69) is 21.6 Å². The number of amides is 2. The number of nitriles is 1. The van der Waals surface area contributed by atoms with E-state index in [4.69, 9.17) is 9.72 Å². The molecule has 4 aromatic rings. The molecule has 0 aliphatic carbocycles. The van der Waals surface area contributed by atoms with Crippen LogP contribution < -0.4 is 10.2 Å². The molecule has 15 heteroatoms. The molecule has 6 rings (SSSR count). The van der Waals surface area contributed by atoms with Gasteiger partial charge < -0.3 is 19.9 Å².